The molecule has 5 nitrogen and oxygen atoms in total. The van der Waals surface area contributed by atoms with Gasteiger partial charge in [-0.05, 0) is 36.1 Å². The summed E-state index contributed by atoms with van der Waals surface area (Å²) in [6.45, 7) is 6.40. The molecule has 1 heterocycles. The summed E-state index contributed by atoms with van der Waals surface area (Å²) < 4.78 is 7.14. The van der Waals surface area contributed by atoms with Gasteiger partial charge in [-0.15, -0.1) is 0 Å². The number of hydrogen-bond acceptors (Lipinski definition) is 4. The molecule has 3 rings (SSSR count). The largest absolute Gasteiger partial charge is 0.491 e. The molecule has 0 fully saturated rings. The van der Waals surface area contributed by atoms with E-state index in [4.69, 9.17) is 4.74 Å². The molecule has 1 aromatic heterocycles. The van der Waals surface area contributed by atoms with Crippen LogP contribution < -0.4 is 10.3 Å². The lowest BCUT2D eigenvalue weighted by Gasteiger charge is -2.17. The van der Waals surface area contributed by atoms with Gasteiger partial charge in [0.15, 0.2) is 0 Å². The van der Waals surface area contributed by atoms with Crippen molar-refractivity contribution in [3.05, 3.63) is 70.1 Å². The zero-order chi connectivity index (χ0) is 18.7. The lowest BCUT2D eigenvalue weighted by molar-refractivity contribution is 0.0875. The first-order chi connectivity index (χ1) is 12.5. The van der Waals surface area contributed by atoms with Crippen LogP contribution >= 0.6 is 0 Å². The number of aliphatic hydroxyl groups excluding tert-OH is 1. The first kappa shape index (κ1) is 18.1. The smallest absolute Gasteiger partial charge is 0.274 e. The summed E-state index contributed by atoms with van der Waals surface area (Å²) in [6, 6.07) is 13.4. The second-order valence-corrected chi connectivity index (χ2v) is 6.88. The highest BCUT2D eigenvalue weighted by atomic mass is 16.5. The fourth-order valence-electron chi connectivity index (χ4n) is 2.94. The zero-order valence-electron chi connectivity index (χ0n) is 15.3. The Morgan fingerprint density at radius 3 is 2.73 bits per heavy atom. The van der Waals surface area contributed by atoms with E-state index in [1.54, 1.807) is 12.3 Å². The number of nitrogens with zero attached hydrogens (tertiary/aromatic N) is 2. The van der Waals surface area contributed by atoms with Gasteiger partial charge in [0.2, 0.25) is 0 Å². The molecule has 0 saturated heterocycles. The van der Waals surface area contributed by atoms with Crippen LogP contribution in [0.4, 0.5) is 0 Å². The number of aromatic nitrogens is 2. The van der Waals surface area contributed by atoms with Gasteiger partial charge in [0.05, 0.1) is 18.1 Å². The van der Waals surface area contributed by atoms with E-state index in [0.717, 1.165) is 22.3 Å². The van der Waals surface area contributed by atoms with Gasteiger partial charge in [0, 0.05) is 5.39 Å². The minimum absolute atomic E-state index is 0.0898. The Morgan fingerprint density at radius 1 is 1.19 bits per heavy atom. The molecule has 0 aliphatic rings. The summed E-state index contributed by atoms with van der Waals surface area (Å²) in [5.41, 5.74) is 2.00. The maximum absolute atomic E-state index is 12.5. The summed E-state index contributed by atoms with van der Waals surface area (Å²) in [7, 11) is 0. The normalized spacial score (nSPS) is 12.5. The summed E-state index contributed by atoms with van der Waals surface area (Å²) in [4.78, 5) is 12.5. The maximum Gasteiger partial charge on any atom is 0.274 e. The standard InChI is InChI=1S/C21H24N2O3/c1-14(2)18-9-8-15(3)10-20(18)26-13-17(24)12-23-21(25)19-7-5-4-6-16(19)11-22-23/h4-11,14,17,24H,12-13H2,1-3H3. The topological polar surface area (TPSA) is 64.3 Å². The minimum atomic E-state index is -0.832. The van der Waals surface area contributed by atoms with Gasteiger partial charge in [-0.3, -0.25) is 4.79 Å². The third kappa shape index (κ3) is 3.94. The maximum atomic E-state index is 12.5. The van der Waals surface area contributed by atoms with E-state index in [1.165, 1.54) is 4.68 Å². The molecule has 1 atom stereocenters. The van der Waals surface area contributed by atoms with Gasteiger partial charge in [-0.25, -0.2) is 4.68 Å². The Kier molecular flexibility index (Phi) is 5.38. The van der Waals surface area contributed by atoms with E-state index in [9.17, 15) is 9.90 Å². The molecule has 1 N–H and O–H groups in total. The Labute approximate surface area is 152 Å². The Morgan fingerprint density at radius 2 is 1.96 bits per heavy atom. The van der Waals surface area contributed by atoms with Crippen molar-refractivity contribution in [1.82, 2.24) is 9.78 Å². The average molecular weight is 352 g/mol. The van der Waals surface area contributed by atoms with Crippen molar-refractivity contribution in [3.8, 4) is 5.75 Å². The number of aryl methyl sites for hydroxylation is 1. The van der Waals surface area contributed by atoms with E-state index >= 15 is 0 Å². The molecule has 1 unspecified atom stereocenters. The van der Waals surface area contributed by atoms with Crippen molar-refractivity contribution >= 4 is 10.8 Å². The fraction of sp³-hybridized carbons (Fsp3) is 0.333. The van der Waals surface area contributed by atoms with Gasteiger partial charge in [0.1, 0.15) is 18.5 Å². The van der Waals surface area contributed by atoms with Crippen molar-refractivity contribution in [2.24, 2.45) is 0 Å². The minimum Gasteiger partial charge on any atom is -0.491 e. The van der Waals surface area contributed by atoms with E-state index in [0.29, 0.717) is 11.3 Å². The number of rotatable bonds is 6. The average Bonchev–Trinajstić information content (AvgIpc) is 2.62. The number of hydrogen-bond donors (Lipinski definition) is 1. The molecule has 26 heavy (non-hydrogen) atoms. The zero-order valence-corrected chi connectivity index (χ0v) is 15.3. The molecule has 0 amide bonds. The summed E-state index contributed by atoms with van der Waals surface area (Å²) in [6.07, 6.45) is 0.809. The molecule has 0 radical (unpaired) electrons. The first-order valence-electron chi connectivity index (χ1n) is 8.82. The third-order valence-corrected chi connectivity index (χ3v) is 4.37. The lowest BCUT2D eigenvalue weighted by Crippen LogP contribution is -2.31. The van der Waals surface area contributed by atoms with Crippen molar-refractivity contribution in [3.63, 3.8) is 0 Å². The molecule has 0 spiro atoms. The van der Waals surface area contributed by atoms with Crippen LogP contribution in [-0.2, 0) is 6.54 Å². The fourth-order valence-corrected chi connectivity index (χ4v) is 2.94. The highest BCUT2D eigenvalue weighted by molar-refractivity contribution is 5.80. The SMILES string of the molecule is Cc1ccc(C(C)C)c(OCC(O)Cn2ncc3ccccc3c2=O)c1. The molecule has 0 saturated carbocycles. The second-order valence-electron chi connectivity index (χ2n) is 6.88. The van der Waals surface area contributed by atoms with Gasteiger partial charge in [-0.2, -0.15) is 5.10 Å². The molecular formula is C21H24N2O3. The molecule has 0 aliphatic heterocycles. The van der Waals surface area contributed by atoms with E-state index in [2.05, 4.69) is 31.1 Å². The number of benzene rings is 2. The predicted octanol–water partition coefficient (Wildman–Crippen LogP) is 3.27. The van der Waals surface area contributed by atoms with Crippen LogP contribution in [0.5, 0.6) is 5.75 Å². The van der Waals surface area contributed by atoms with Crippen LogP contribution in [0.2, 0.25) is 0 Å². The van der Waals surface area contributed by atoms with Gasteiger partial charge >= 0.3 is 0 Å². The highest BCUT2D eigenvalue weighted by Gasteiger charge is 2.13. The molecule has 0 aliphatic carbocycles. The second kappa shape index (κ2) is 7.70. The van der Waals surface area contributed by atoms with Crippen LogP contribution in [0, 0.1) is 6.92 Å². The van der Waals surface area contributed by atoms with Gasteiger partial charge < -0.3 is 9.84 Å². The van der Waals surface area contributed by atoms with Gasteiger partial charge in [0.25, 0.3) is 5.56 Å². The Bertz CT molecular complexity index is 963. The van der Waals surface area contributed by atoms with Crippen LogP contribution in [0.1, 0.15) is 30.9 Å². The Balaban J connectivity index is 1.72. The Hall–Kier alpha value is -2.66. The van der Waals surface area contributed by atoms with E-state index in [1.807, 2.05) is 31.2 Å². The molecule has 5 heteroatoms. The van der Waals surface area contributed by atoms with Crippen molar-refractivity contribution < 1.29 is 9.84 Å². The van der Waals surface area contributed by atoms with Crippen LogP contribution in [0.3, 0.4) is 0 Å². The predicted molar refractivity (Wildman–Crippen MR) is 103 cm³/mol. The molecule has 3 aromatic rings. The summed E-state index contributed by atoms with van der Waals surface area (Å²) in [5, 5.41) is 15.9. The van der Waals surface area contributed by atoms with Crippen LogP contribution in [0.15, 0.2) is 53.5 Å². The molecular weight excluding hydrogens is 328 g/mol. The van der Waals surface area contributed by atoms with E-state index in [-0.39, 0.29) is 18.7 Å². The van der Waals surface area contributed by atoms with Crippen LogP contribution in [0.25, 0.3) is 10.8 Å². The van der Waals surface area contributed by atoms with Crippen LogP contribution in [-0.4, -0.2) is 27.6 Å². The summed E-state index contributed by atoms with van der Waals surface area (Å²) >= 11 is 0. The highest BCUT2D eigenvalue weighted by Crippen LogP contribution is 2.27. The molecule has 136 valence electrons. The van der Waals surface area contributed by atoms with Crippen molar-refractivity contribution in [2.75, 3.05) is 6.61 Å². The van der Waals surface area contributed by atoms with E-state index < -0.39 is 6.10 Å². The number of ether oxygens (including phenoxy) is 1. The van der Waals surface area contributed by atoms with Crippen molar-refractivity contribution in [1.29, 1.82) is 0 Å². The number of aliphatic hydroxyl groups is 1. The first-order valence-corrected chi connectivity index (χ1v) is 8.82. The molecule has 0 bridgehead atoms. The summed E-state index contributed by atoms with van der Waals surface area (Å²) in [5.74, 6) is 1.10. The monoisotopic (exact) mass is 352 g/mol. The molecule has 2 aromatic carbocycles. The third-order valence-electron chi connectivity index (χ3n) is 4.37. The van der Waals surface area contributed by atoms with Gasteiger partial charge in [-0.1, -0.05) is 44.2 Å². The quantitative estimate of drug-likeness (QED) is 0.739. The number of fused-ring (bicyclic) bond motifs is 1. The lowest BCUT2D eigenvalue weighted by atomic mass is 10.0. The van der Waals surface area contributed by atoms with Crippen molar-refractivity contribution in [2.45, 2.75) is 39.3 Å².